The van der Waals surface area contributed by atoms with Crippen LogP contribution in [0.1, 0.15) is 39.5 Å². The molecule has 0 heterocycles. The lowest BCUT2D eigenvalue weighted by atomic mass is 10.4. The van der Waals surface area contributed by atoms with Gasteiger partial charge >= 0.3 is 10.5 Å². The first-order chi connectivity index (χ1) is 11.6. The molecule has 0 saturated carbocycles. The van der Waals surface area contributed by atoms with E-state index in [1.54, 1.807) is 31.3 Å². The Morgan fingerprint density at radius 3 is 1.42 bits per heavy atom. The monoisotopic (exact) mass is 484 g/mol. The molecule has 0 aromatic rings. The number of hydrogen-bond donors (Lipinski definition) is 0. The smallest absolute Gasteiger partial charge is 0.259 e. The van der Waals surface area contributed by atoms with Crippen LogP contribution in [0.25, 0.3) is 0 Å². The molecular formula is C12H24N2O2S8. The van der Waals surface area contributed by atoms with Crippen molar-refractivity contribution in [3.05, 3.63) is 0 Å². The van der Waals surface area contributed by atoms with Gasteiger partial charge in [0.25, 0.3) is 0 Å². The van der Waals surface area contributed by atoms with Gasteiger partial charge in [-0.25, -0.2) is 7.42 Å². The SMILES string of the molecule is CCCCSN(SC)C(=O)SSSSC(=O)N(SC)SCCCC. The van der Waals surface area contributed by atoms with E-state index in [1.165, 1.54) is 65.1 Å². The van der Waals surface area contributed by atoms with E-state index in [4.69, 9.17) is 0 Å². The second-order valence-electron chi connectivity index (χ2n) is 4.09. The maximum atomic E-state index is 12.1. The topological polar surface area (TPSA) is 40.6 Å². The van der Waals surface area contributed by atoms with Gasteiger partial charge in [0.2, 0.25) is 0 Å². The van der Waals surface area contributed by atoms with E-state index in [0.29, 0.717) is 0 Å². The molecule has 0 aliphatic carbocycles. The van der Waals surface area contributed by atoms with Crippen LogP contribution in [0.4, 0.5) is 9.59 Å². The van der Waals surface area contributed by atoms with Crippen molar-refractivity contribution in [1.29, 1.82) is 0 Å². The summed E-state index contributed by atoms with van der Waals surface area (Å²) < 4.78 is 3.41. The van der Waals surface area contributed by atoms with Crippen molar-refractivity contribution in [2.45, 2.75) is 39.5 Å². The molecule has 0 aliphatic rings. The fourth-order valence-electron chi connectivity index (χ4n) is 1.09. The number of carbonyl (C=O) groups is 2. The van der Waals surface area contributed by atoms with E-state index >= 15 is 0 Å². The minimum atomic E-state index is 0.00759. The van der Waals surface area contributed by atoms with Gasteiger partial charge in [-0.1, -0.05) is 26.7 Å². The Morgan fingerprint density at radius 1 is 0.750 bits per heavy atom. The van der Waals surface area contributed by atoms with Crippen molar-refractivity contribution in [1.82, 2.24) is 7.42 Å². The van der Waals surface area contributed by atoms with Crippen LogP contribution in [0.15, 0.2) is 0 Å². The summed E-state index contributed by atoms with van der Waals surface area (Å²) in [4.78, 5) is 24.2. The summed E-state index contributed by atoms with van der Waals surface area (Å²) in [5.41, 5.74) is 0. The summed E-state index contributed by atoms with van der Waals surface area (Å²) in [6.45, 7) is 4.28. The summed E-state index contributed by atoms with van der Waals surface area (Å²) in [5.74, 6) is 1.90. The number of carbonyl (C=O) groups excluding carboxylic acids is 2. The highest BCUT2D eigenvalue weighted by molar-refractivity contribution is 9.29. The summed E-state index contributed by atoms with van der Waals surface area (Å²) in [7, 11) is 5.02. The molecule has 0 bridgehead atoms. The largest absolute Gasteiger partial charge is 0.313 e. The van der Waals surface area contributed by atoms with Crippen LogP contribution in [-0.4, -0.2) is 41.9 Å². The fourth-order valence-corrected chi connectivity index (χ4v) is 10.1. The van der Waals surface area contributed by atoms with Crippen LogP contribution in [-0.2, 0) is 0 Å². The minimum Gasteiger partial charge on any atom is -0.259 e. The van der Waals surface area contributed by atoms with Crippen molar-refractivity contribution >= 4 is 99.5 Å². The van der Waals surface area contributed by atoms with Crippen molar-refractivity contribution in [2.24, 2.45) is 0 Å². The molecule has 0 rings (SSSR count). The normalized spacial score (nSPS) is 10.7. The molecular weight excluding hydrogens is 461 g/mol. The second-order valence-corrected chi connectivity index (χ2v) is 13.6. The molecule has 0 aliphatic heterocycles. The van der Waals surface area contributed by atoms with Gasteiger partial charge < -0.3 is 0 Å². The third kappa shape index (κ3) is 13.0. The molecule has 0 saturated heterocycles. The number of amides is 2. The highest BCUT2D eigenvalue weighted by Gasteiger charge is 2.18. The summed E-state index contributed by atoms with van der Waals surface area (Å²) >= 11 is 5.96. The molecule has 142 valence electrons. The predicted molar refractivity (Wildman–Crippen MR) is 127 cm³/mol. The molecule has 0 fully saturated rings. The number of unbranched alkanes of at least 4 members (excludes halogenated alkanes) is 2. The van der Waals surface area contributed by atoms with Crippen molar-refractivity contribution in [3.8, 4) is 0 Å². The van der Waals surface area contributed by atoms with Gasteiger partial charge in [0.15, 0.2) is 0 Å². The Labute approximate surface area is 178 Å². The molecule has 0 unspecified atom stereocenters. The summed E-state index contributed by atoms with van der Waals surface area (Å²) in [6.07, 6.45) is 8.26. The van der Waals surface area contributed by atoms with E-state index in [9.17, 15) is 9.59 Å². The quantitative estimate of drug-likeness (QED) is 0.146. The fraction of sp³-hybridized carbons (Fsp3) is 0.833. The Morgan fingerprint density at radius 2 is 1.12 bits per heavy atom. The number of nitrogens with zero attached hydrogens (tertiary/aromatic N) is 2. The van der Waals surface area contributed by atoms with Gasteiger partial charge in [-0.05, 0) is 80.3 Å². The standard InChI is InChI=1S/C12H24N2O2S8/c1-5-7-9-19-13(17-3)11(15)21-23-24-22-12(16)14(18-4)20-10-8-6-2/h5-10H2,1-4H3. The van der Waals surface area contributed by atoms with Gasteiger partial charge in [-0.2, -0.15) is 0 Å². The number of rotatable bonds is 13. The Balaban J connectivity index is 3.95. The highest BCUT2D eigenvalue weighted by Crippen LogP contribution is 2.47. The van der Waals surface area contributed by atoms with Crippen LogP contribution in [0.5, 0.6) is 0 Å². The summed E-state index contributed by atoms with van der Waals surface area (Å²) in [6, 6.07) is 0. The maximum absolute atomic E-state index is 12.1. The van der Waals surface area contributed by atoms with E-state index in [1.807, 2.05) is 12.5 Å². The third-order valence-corrected chi connectivity index (χ3v) is 12.5. The predicted octanol–water partition coefficient (Wildman–Crippen LogP) is 7.96. The molecule has 0 aromatic carbocycles. The molecule has 12 heteroatoms. The molecule has 0 atom stereocenters. The first kappa shape index (κ1) is 25.7. The zero-order valence-corrected chi connectivity index (χ0v) is 20.8. The van der Waals surface area contributed by atoms with Gasteiger partial charge in [0.05, 0.1) is 0 Å². The average molecular weight is 485 g/mol. The summed E-state index contributed by atoms with van der Waals surface area (Å²) in [5, 5.41) is 0.0152. The van der Waals surface area contributed by atoms with Crippen molar-refractivity contribution in [2.75, 3.05) is 24.0 Å². The van der Waals surface area contributed by atoms with Gasteiger partial charge in [0.1, 0.15) is 0 Å². The van der Waals surface area contributed by atoms with Crippen LogP contribution < -0.4 is 0 Å². The lowest BCUT2D eigenvalue weighted by Gasteiger charge is -2.17. The van der Waals surface area contributed by atoms with E-state index in [0.717, 1.165) is 37.2 Å². The minimum absolute atomic E-state index is 0.00759. The zero-order valence-electron chi connectivity index (χ0n) is 14.2. The van der Waals surface area contributed by atoms with Crippen molar-refractivity contribution in [3.63, 3.8) is 0 Å². The van der Waals surface area contributed by atoms with E-state index < -0.39 is 0 Å². The number of hydrogen-bond acceptors (Lipinski definition) is 10. The Kier molecular flexibility index (Phi) is 19.4. The van der Waals surface area contributed by atoms with Crippen LogP contribution in [0.3, 0.4) is 0 Å². The maximum Gasteiger partial charge on any atom is 0.313 e. The van der Waals surface area contributed by atoms with Crippen LogP contribution in [0.2, 0.25) is 0 Å². The average Bonchev–Trinajstić information content (AvgIpc) is 2.59. The molecule has 2 amide bonds. The zero-order chi connectivity index (χ0) is 18.2. The third-order valence-electron chi connectivity index (χ3n) is 2.28. The van der Waals surface area contributed by atoms with Gasteiger partial charge in [0, 0.05) is 45.6 Å². The van der Waals surface area contributed by atoms with Crippen LogP contribution in [0, 0.1) is 0 Å². The first-order valence-electron chi connectivity index (χ1n) is 7.30. The Bertz CT molecular complexity index is 319. The molecule has 0 radical (unpaired) electrons. The van der Waals surface area contributed by atoms with Gasteiger partial charge in [-0.15, -0.1) is 0 Å². The lowest BCUT2D eigenvalue weighted by Crippen LogP contribution is -2.11. The molecule has 4 nitrogen and oxygen atoms in total. The highest BCUT2D eigenvalue weighted by atomic mass is 33.7. The van der Waals surface area contributed by atoms with E-state index in [2.05, 4.69) is 13.8 Å². The molecule has 24 heavy (non-hydrogen) atoms. The molecule has 0 spiro atoms. The van der Waals surface area contributed by atoms with Crippen molar-refractivity contribution < 1.29 is 9.59 Å². The molecule has 0 N–H and O–H groups in total. The lowest BCUT2D eigenvalue weighted by molar-refractivity contribution is 0.258. The first-order valence-corrected chi connectivity index (χ1v) is 16.4. The van der Waals surface area contributed by atoms with E-state index in [-0.39, 0.29) is 10.5 Å². The van der Waals surface area contributed by atoms with Crippen LogP contribution >= 0.6 is 89.0 Å². The van der Waals surface area contributed by atoms with Gasteiger partial charge in [-0.3, -0.25) is 9.59 Å². The second kappa shape index (κ2) is 18.1. The Hall–Kier alpha value is 1.74. The molecule has 0 aromatic heterocycles.